The van der Waals surface area contributed by atoms with Crippen LogP contribution in [0, 0.1) is 0 Å². The molecule has 39 heavy (non-hydrogen) atoms. The van der Waals surface area contributed by atoms with Crippen molar-refractivity contribution in [3.63, 3.8) is 0 Å². The zero-order valence-electron chi connectivity index (χ0n) is 24.5. The van der Waals surface area contributed by atoms with E-state index in [2.05, 4.69) is 24.1 Å². The van der Waals surface area contributed by atoms with Crippen LogP contribution < -0.4 is 16.4 Å². The van der Waals surface area contributed by atoms with E-state index in [0.29, 0.717) is 12.0 Å². The van der Waals surface area contributed by atoms with E-state index in [9.17, 15) is 19.2 Å². The molecule has 1 aromatic carbocycles. The van der Waals surface area contributed by atoms with Gasteiger partial charge in [-0.3, -0.25) is 14.4 Å². The van der Waals surface area contributed by atoms with Crippen molar-refractivity contribution in [1.82, 2.24) is 15.5 Å². The number of ether oxygens (including phenoxy) is 1. The van der Waals surface area contributed by atoms with E-state index in [1.165, 1.54) is 4.90 Å². The van der Waals surface area contributed by atoms with E-state index in [0.717, 1.165) is 37.7 Å². The van der Waals surface area contributed by atoms with Gasteiger partial charge in [0.25, 0.3) is 0 Å². The molecular formula is C30H48N4O5. The number of amides is 4. The van der Waals surface area contributed by atoms with Gasteiger partial charge >= 0.3 is 6.09 Å². The lowest BCUT2D eigenvalue weighted by Crippen LogP contribution is -2.54. The Labute approximate surface area is 233 Å². The van der Waals surface area contributed by atoms with E-state index in [1.54, 1.807) is 39.0 Å². The number of hydrogen-bond donors (Lipinski definition) is 3. The predicted octanol–water partition coefficient (Wildman–Crippen LogP) is 4.85. The summed E-state index contributed by atoms with van der Waals surface area (Å²) in [7, 11) is 0. The maximum absolute atomic E-state index is 14.1. The Bertz CT molecular complexity index is 970. The molecule has 218 valence electrons. The number of rotatable bonds is 16. The smallest absolute Gasteiger partial charge is 0.408 e. The molecule has 0 aliphatic carbocycles. The van der Waals surface area contributed by atoms with E-state index < -0.39 is 42.0 Å². The number of primary amides is 1. The fraction of sp³-hybridized carbons (Fsp3) is 0.600. The van der Waals surface area contributed by atoms with Crippen LogP contribution in [0.3, 0.4) is 0 Å². The predicted molar refractivity (Wildman–Crippen MR) is 155 cm³/mol. The third kappa shape index (κ3) is 12.8. The van der Waals surface area contributed by atoms with Crippen LogP contribution >= 0.6 is 0 Å². The van der Waals surface area contributed by atoms with Gasteiger partial charge in [-0.25, -0.2) is 4.79 Å². The van der Waals surface area contributed by atoms with Crippen molar-refractivity contribution in [1.29, 1.82) is 0 Å². The number of alkyl carbamates (subject to hydrolysis) is 1. The topological polar surface area (TPSA) is 131 Å². The lowest BCUT2D eigenvalue weighted by atomic mass is 9.99. The van der Waals surface area contributed by atoms with Crippen molar-refractivity contribution in [2.24, 2.45) is 5.73 Å². The van der Waals surface area contributed by atoms with Crippen LogP contribution in [0.5, 0.6) is 0 Å². The first-order valence-corrected chi connectivity index (χ1v) is 13.9. The third-order valence-corrected chi connectivity index (χ3v) is 5.88. The second-order valence-electron chi connectivity index (χ2n) is 11.1. The first-order valence-electron chi connectivity index (χ1n) is 13.9. The second kappa shape index (κ2) is 16.6. The van der Waals surface area contributed by atoms with Gasteiger partial charge in [0, 0.05) is 12.6 Å². The van der Waals surface area contributed by atoms with Crippen LogP contribution in [0.25, 0.3) is 6.08 Å². The van der Waals surface area contributed by atoms with Crippen molar-refractivity contribution in [3.8, 4) is 0 Å². The molecule has 0 saturated carbocycles. The summed E-state index contributed by atoms with van der Waals surface area (Å²) in [5.41, 5.74) is 6.04. The summed E-state index contributed by atoms with van der Waals surface area (Å²) in [6.07, 6.45) is 6.26. The normalized spacial score (nSPS) is 12.8. The molecule has 0 aromatic heterocycles. The Morgan fingerprint density at radius 2 is 1.69 bits per heavy atom. The standard InChI is InChI=1S/C30H48N4O5/c1-8-10-11-12-13-14-18-34(28(37)24(20-25(31)35)33-29(38)39-30(5,6)7)26(27(36)32-21(3)4)23-17-15-16-22(9-2)19-23/h9,15-17,19,21,24,26H,2,8,10-14,18,20H2,1,3-7H3,(H2,31,35)(H,32,36)(H,33,38). The van der Waals surface area contributed by atoms with E-state index in [4.69, 9.17) is 10.5 Å². The molecule has 0 fully saturated rings. The van der Waals surface area contributed by atoms with Gasteiger partial charge in [-0.05, 0) is 58.2 Å². The van der Waals surface area contributed by atoms with Gasteiger partial charge < -0.3 is 26.0 Å². The van der Waals surface area contributed by atoms with Gasteiger partial charge in [-0.2, -0.15) is 0 Å². The van der Waals surface area contributed by atoms with Crippen LogP contribution in [0.15, 0.2) is 30.8 Å². The molecule has 9 nitrogen and oxygen atoms in total. The number of carbonyl (C=O) groups excluding carboxylic acids is 4. The van der Waals surface area contributed by atoms with Crippen molar-refractivity contribution in [2.45, 2.75) is 110 Å². The van der Waals surface area contributed by atoms with Gasteiger partial charge in [-0.15, -0.1) is 0 Å². The summed E-state index contributed by atoms with van der Waals surface area (Å²) in [6.45, 7) is 15.0. The molecule has 0 heterocycles. The van der Waals surface area contributed by atoms with Gasteiger partial charge in [0.05, 0.1) is 6.42 Å². The summed E-state index contributed by atoms with van der Waals surface area (Å²) in [5, 5.41) is 5.43. The largest absolute Gasteiger partial charge is 0.444 e. The van der Waals surface area contributed by atoms with E-state index in [-0.39, 0.29) is 18.5 Å². The summed E-state index contributed by atoms with van der Waals surface area (Å²) < 4.78 is 5.33. The maximum atomic E-state index is 14.1. The van der Waals surface area contributed by atoms with Gasteiger partial charge in [-0.1, -0.05) is 69.9 Å². The summed E-state index contributed by atoms with van der Waals surface area (Å²) >= 11 is 0. The monoisotopic (exact) mass is 544 g/mol. The number of carbonyl (C=O) groups is 4. The molecule has 0 aliphatic rings. The minimum Gasteiger partial charge on any atom is -0.444 e. The Kier molecular flexibility index (Phi) is 14.3. The minimum absolute atomic E-state index is 0.171. The summed E-state index contributed by atoms with van der Waals surface area (Å²) in [6, 6.07) is 4.78. The summed E-state index contributed by atoms with van der Waals surface area (Å²) in [5.74, 6) is -1.71. The molecule has 2 unspecified atom stereocenters. The Hall–Kier alpha value is -3.36. The van der Waals surface area contributed by atoms with Crippen LogP contribution in [-0.2, 0) is 19.1 Å². The number of unbranched alkanes of at least 4 members (excludes halogenated alkanes) is 5. The van der Waals surface area contributed by atoms with Crippen LogP contribution in [0.1, 0.15) is 104 Å². The number of hydrogen-bond acceptors (Lipinski definition) is 5. The highest BCUT2D eigenvalue weighted by molar-refractivity contribution is 5.94. The first-order chi connectivity index (χ1) is 18.3. The fourth-order valence-corrected chi connectivity index (χ4v) is 4.17. The average molecular weight is 545 g/mol. The van der Waals surface area contributed by atoms with Crippen LogP contribution in [-0.4, -0.2) is 52.9 Å². The number of nitrogens with two attached hydrogens (primary N) is 1. The molecule has 1 aromatic rings. The molecule has 2 atom stereocenters. The lowest BCUT2D eigenvalue weighted by molar-refractivity contribution is -0.143. The van der Waals surface area contributed by atoms with E-state index in [1.807, 2.05) is 26.0 Å². The SMILES string of the molecule is C=Cc1cccc(C(C(=O)NC(C)C)N(CCCCCCCC)C(=O)C(CC(N)=O)NC(=O)OC(C)(C)C)c1. The van der Waals surface area contributed by atoms with Gasteiger partial charge in [0.2, 0.25) is 17.7 Å². The molecule has 4 N–H and O–H groups in total. The maximum Gasteiger partial charge on any atom is 0.408 e. The van der Waals surface area contributed by atoms with Crippen molar-refractivity contribution in [3.05, 3.63) is 42.0 Å². The van der Waals surface area contributed by atoms with Gasteiger partial charge in [0.15, 0.2) is 0 Å². The highest BCUT2D eigenvalue weighted by atomic mass is 16.6. The molecule has 0 saturated heterocycles. The first kappa shape index (κ1) is 33.7. The highest BCUT2D eigenvalue weighted by Gasteiger charge is 2.37. The molecule has 1 rings (SSSR count). The Morgan fingerprint density at radius 1 is 1.05 bits per heavy atom. The van der Waals surface area contributed by atoms with Crippen LogP contribution in [0.4, 0.5) is 4.79 Å². The lowest BCUT2D eigenvalue weighted by Gasteiger charge is -2.35. The summed E-state index contributed by atoms with van der Waals surface area (Å²) in [4.78, 5) is 53.6. The molecule has 4 amide bonds. The fourth-order valence-electron chi connectivity index (χ4n) is 4.17. The Morgan fingerprint density at radius 3 is 2.26 bits per heavy atom. The zero-order chi connectivity index (χ0) is 29.6. The second-order valence-corrected chi connectivity index (χ2v) is 11.1. The third-order valence-electron chi connectivity index (χ3n) is 5.88. The van der Waals surface area contributed by atoms with Crippen molar-refractivity contribution in [2.75, 3.05) is 6.54 Å². The zero-order valence-corrected chi connectivity index (χ0v) is 24.5. The molecule has 0 aliphatic heterocycles. The average Bonchev–Trinajstić information content (AvgIpc) is 2.82. The molecule has 9 heteroatoms. The molecular weight excluding hydrogens is 496 g/mol. The molecule has 0 spiro atoms. The molecule has 0 radical (unpaired) electrons. The number of nitrogens with zero attached hydrogens (tertiary/aromatic N) is 1. The quantitative estimate of drug-likeness (QED) is 0.256. The minimum atomic E-state index is -1.30. The van der Waals surface area contributed by atoms with Gasteiger partial charge in [0.1, 0.15) is 17.7 Å². The number of benzene rings is 1. The number of nitrogens with one attached hydrogen (secondary N) is 2. The highest BCUT2D eigenvalue weighted by Crippen LogP contribution is 2.26. The van der Waals surface area contributed by atoms with E-state index >= 15 is 0 Å². The van der Waals surface area contributed by atoms with Crippen molar-refractivity contribution < 1.29 is 23.9 Å². The van der Waals surface area contributed by atoms with Crippen LogP contribution in [0.2, 0.25) is 0 Å². The van der Waals surface area contributed by atoms with Crippen molar-refractivity contribution >= 4 is 29.9 Å². The Balaban J connectivity index is 3.49. The molecule has 0 bridgehead atoms.